The second-order valence-corrected chi connectivity index (χ2v) is 5.59. The monoisotopic (exact) mass is 363 g/mol. The summed E-state index contributed by atoms with van der Waals surface area (Å²) in [4.78, 5) is 13.2. The van der Waals surface area contributed by atoms with Gasteiger partial charge in [0.25, 0.3) is 0 Å². The van der Waals surface area contributed by atoms with Gasteiger partial charge >= 0.3 is 0 Å². The minimum Gasteiger partial charge on any atom is -0.493 e. The zero-order valence-electron chi connectivity index (χ0n) is 14.7. The van der Waals surface area contributed by atoms with Crippen LogP contribution in [-0.2, 0) is 20.8 Å². The van der Waals surface area contributed by atoms with Crippen molar-refractivity contribution in [3.8, 4) is 22.9 Å². The van der Waals surface area contributed by atoms with Crippen LogP contribution in [-0.4, -0.2) is 72.8 Å². The fraction of sp³-hybridized carbons (Fsp3) is 0.500. The first kappa shape index (κ1) is 18.1. The smallest absolute Gasteiger partial charge is 0.243 e. The molecule has 1 aliphatic heterocycles. The molecule has 1 saturated heterocycles. The molecule has 0 aliphatic carbocycles. The summed E-state index contributed by atoms with van der Waals surface area (Å²) in [5.41, 5.74) is 0.710. The number of hydrogen-bond donors (Lipinski definition) is 1. The molecule has 26 heavy (non-hydrogen) atoms. The van der Waals surface area contributed by atoms with Crippen LogP contribution in [0.1, 0.15) is 0 Å². The average Bonchev–Trinajstić information content (AvgIpc) is 3.15. The lowest BCUT2D eigenvalue weighted by atomic mass is 10.2. The van der Waals surface area contributed by atoms with Gasteiger partial charge in [-0.3, -0.25) is 4.79 Å². The van der Waals surface area contributed by atoms with Gasteiger partial charge in [-0.05, 0) is 23.4 Å². The number of methoxy groups -OCH3 is 2. The summed E-state index contributed by atoms with van der Waals surface area (Å²) < 4.78 is 21.2. The van der Waals surface area contributed by atoms with E-state index < -0.39 is 0 Å². The fourth-order valence-corrected chi connectivity index (χ4v) is 2.47. The molecule has 0 radical (unpaired) electrons. The lowest BCUT2D eigenvalue weighted by Crippen LogP contribution is -2.40. The molecule has 2 aromatic rings. The van der Waals surface area contributed by atoms with Crippen molar-refractivity contribution in [2.45, 2.75) is 12.6 Å². The first-order valence-electron chi connectivity index (χ1n) is 8.16. The Hall–Kier alpha value is -2.72. The summed E-state index contributed by atoms with van der Waals surface area (Å²) in [6, 6.07) is 5.30. The van der Waals surface area contributed by atoms with Gasteiger partial charge in [-0.25, -0.2) is 0 Å². The van der Waals surface area contributed by atoms with Crippen molar-refractivity contribution in [1.82, 2.24) is 25.5 Å². The van der Waals surface area contributed by atoms with Crippen molar-refractivity contribution < 1.29 is 23.7 Å². The molecule has 2 heterocycles. The minimum atomic E-state index is -0.226. The Labute approximate surface area is 150 Å². The number of rotatable bonds is 7. The molecule has 1 amide bonds. The van der Waals surface area contributed by atoms with Crippen LogP contribution >= 0.6 is 0 Å². The first-order chi connectivity index (χ1) is 12.7. The molecule has 1 aromatic carbocycles. The molecule has 1 fully saturated rings. The van der Waals surface area contributed by atoms with Gasteiger partial charge in [0.15, 0.2) is 11.5 Å². The topological polar surface area (TPSA) is 110 Å². The lowest BCUT2D eigenvalue weighted by molar-refractivity contribution is -0.124. The molecule has 0 spiro atoms. The summed E-state index contributed by atoms with van der Waals surface area (Å²) in [5, 5.41) is 14.9. The van der Waals surface area contributed by atoms with Crippen LogP contribution in [0.5, 0.6) is 11.5 Å². The van der Waals surface area contributed by atoms with Crippen LogP contribution in [0, 0.1) is 0 Å². The summed E-state index contributed by atoms with van der Waals surface area (Å²) in [6.45, 7) is 1.96. The molecule has 10 heteroatoms. The highest BCUT2D eigenvalue weighted by atomic mass is 16.6. The number of aromatic nitrogens is 4. The number of ether oxygens (including phenoxy) is 4. The van der Waals surface area contributed by atoms with E-state index in [4.69, 9.17) is 18.9 Å². The Balaban J connectivity index is 1.58. The predicted octanol–water partition coefficient (Wildman–Crippen LogP) is -0.111. The number of hydrogen-bond acceptors (Lipinski definition) is 8. The molecule has 140 valence electrons. The molecule has 1 unspecified atom stereocenters. The molecule has 1 aromatic heterocycles. The first-order valence-corrected chi connectivity index (χ1v) is 8.16. The molecule has 1 atom stereocenters. The SMILES string of the molecule is COc1ccc(-c2nnn(CC(=O)NCC3COCCO3)n2)cc1OC. The van der Waals surface area contributed by atoms with E-state index in [1.807, 2.05) is 0 Å². The second-order valence-electron chi connectivity index (χ2n) is 5.59. The van der Waals surface area contributed by atoms with Crippen molar-refractivity contribution in [3.63, 3.8) is 0 Å². The Morgan fingerprint density at radius 3 is 2.88 bits per heavy atom. The van der Waals surface area contributed by atoms with Gasteiger partial charge in [0.1, 0.15) is 6.54 Å². The van der Waals surface area contributed by atoms with Crippen molar-refractivity contribution in [2.24, 2.45) is 0 Å². The maximum Gasteiger partial charge on any atom is 0.243 e. The Morgan fingerprint density at radius 2 is 2.15 bits per heavy atom. The number of amides is 1. The lowest BCUT2D eigenvalue weighted by Gasteiger charge is -2.22. The quantitative estimate of drug-likeness (QED) is 0.726. The molecule has 1 aliphatic rings. The molecule has 0 bridgehead atoms. The minimum absolute atomic E-state index is 0.0339. The van der Waals surface area contributed by atoms with Gasteiger partial charge in [0.2, 0.25) is 11.7 Å². The van der Waals surface area contributed by atoms with Crippen LogP contribution in [0.4, 0.5) is 0 Å². The molecular formula is C16H21N5O5. The molecule has 0 saturated carbocycles. The van der Waals surface area contributed by atoms with Crippen molar-refractivity contribution in [1.29, 1.82) is 0 Å². The fourth-order valence-electron chi connectivity index (χ4n) is 2.47. The van der Waals surface area contributed by atoms with Crippen molar-refractivity contribution in [3.05, 3.63) is 18.2 Å². The number of nitrogens with one attached hydrogen (secondary N) is 1. The maximum atomic E-state index is 12.0. The van der Waals surface area contributed by atoms with Crippen LogP contribution in [0.3, 0.4) is 0 Å². The number of carbonyl (C=O) groups is 1. The van der Waals surface area contributed by atoms with Crippen molar-refractivity contribution >= 4 is 5.91 Å². The van der Waals surface area contributed by atoms with Crippen LogP contribution in [0.2, 0.25) is 0 Å². The number of benzene rings is 1. The van der Waals surface area contributed by atoms with E-state index in [9.17, 15) is 4.79 Å². The van der Waals surface area contributed by atoms with Gasteiger partial charge in [-0.1, -0.05) is 0 Å². The van der Waals surface area contributed by atoms with Crippen LogP contribution in [0.25, 0.3) is 11.4 Å². The van der Waals surface area contributed by atoms with E-state index in [1.54, 1.807) is 32.4 Å². The van der Waals surface area contributed by atoms with E-state index in [1.165, 1.54) is 4.80 Å². The summed E-state index contributed by atoms with van der Waals surface area (Å²) >= 11 is 0. The zero-order valence-corrected chi connectivity index (χ0v) is 14.7. The maximum absolute atomic E-state index is 12.0. The third-order valence-corrected chi connectivity index (χ3v) is 3.79. The average molecular weight is 363 g/mol. The van der Waals surface area contributed by atoms with E-state index in [0.29, 0.717) is 49.3 Å². The van der Waals surface area contributed by atoms with Gasteiger partial charge in [0, 0.05) is 12.1 Å². The van der Waals surface area contributed by atoms with Gasteiger partial charge in [-0.15, -0.1) is 10.2 Å². The normalized spacial score (nSPS) is 16.9. The number of nitrogens with zero attached hydrogens (tertiary/aromatic N) is 4. The Morgan fingerprint density at radius 1 is 1.31 bits per heavy atom. The van der Waals surface area contributed by atoms with E-state index in [2.05, 4.69) is 20.7 Å². The van der Waals surface area contributed by atoms with E-state index in [-0.39, 0.29) is 18.6 Å². The summed E-state index contributed by atoms with van der Waals surface area (Å²) in [7, 11) is 3.12. The standard InChI is InChI=1S/C16H21N5O5/c1-23-13-4-3-11(7-14(13)24-2)16-18-20-21(19-16)9-15(22)17-8-12-10-25-5-6-26-12/h3-4,7,12H,5-6,8-10H2,1-2H3,(H,17,22). The Bertz CT molecular complexity index is 744. The van der Waals surface area contributed by atoms with Gasteiger partial charge < -0.3 is 24.3 Å². The highest BCUT2D eigenvalue weighted by Crippen LogP contribution is 2.30. The third kappa shape index (κ3) is 4.46. The highest BCUT2D eigenvalue weighted by Gasteiger charge is 2.16. The van der Waals surface area contributed by atoms with Gasteiger partial charge in [-0.2, -0.15) is 4.80 Å². The number of carbonyl (C=O) groups excluding carboxylic acids is 1. The largest absolute Gasteiger partial charge is 0.493 e. The number of tetrazole rings is 1. The third-order valence-electron chi connectivity index (χ3n) is 3.79. The van der Waals surface area contributed by atoms with Crippen LogP contribution in [0.15, 0.2) is 18.2 Å². The van der Waals surface area contributed by atoms with Crippen LogP contribution < -0.4 is 14.8 Å². The molecular weight excluding hydrogens is 342 g/mol. The molecule has 3 rings (SSSR count). The predicted molar refractivity (Wildman–Crippen MR) is 89.9 cm³/mol. The Kier molecular flexibility index (Phi) is 5.97. The zero-order chi connectivity index (χ0) is 18.4. The molecule has 10 nitrogen and oxygen atoms in total. The molecule has 1 N–H and O–H groups in total. The van der Waals surface area contributed by atoms with Crippen molar-refractivity contribution in [2.75, 3.05) is 40.6 Å². The highest BCUT2D eigenvalue weighted by molar-refractivity contribution is 5.75. The second kappa shape index (κ2) is 8.59. The summed E-state index contributed by atoms with van der Waals surface area (Å²) in [5.74, 6) is 1.34. The van der Waals surface area contributed by atoms with Gasteiger partial charge in [0.05, 0.1) is 40.1 Å². The van der Waals surface area contributed by atoms with E-state index >= 15 is 0 Å². The van der Waals surface area contributed by atoms with E-state index in [0.717, 1.165) is 0 Å². The summed E-state index contributed by atoms with van der Waals surface area (Å²) in [6.07, 6.45) is -0.126.